The number of alkyl carbamates (subject to hydrolysis) is 1. The molecule has 0 aliphatic heterocycles. The molecule has 1 aromatic carbocycles. The van der Waals surface area contributed by atoms with Gasteiger partial charge in [-0.05, 0) is 29.9 Å². The first-order valence-electron chi connectivity index (χ1n) is 6.75. The van der Waals surface area contributed by atoms with Gasteiger partial charge in [0.05, 0.1) is 0 Å². The first-order valence-corrected chi connectivity index (χ1v) is 6.75. The maximum absolute atomic E-state index is 11.3. The second-order valence-electron chi connectivity index (χ2n) is 4.98. The normalized spacial score (nSPS) is 25.3. The second-order valence-corrected chi connectivity index (χ2v) is 4.98. The second kappa shape index (κ2) is 5.91. The van der Waals surface area contributed by atoms with Crippen molar-refractivity contribution in [3.05, 3.63) is 47.5 Å². The van der Waals surface area contributed by atoms with E-state index >= 15 is 0 Å². The SMILES string of the molecule is C/C=C\C1C(C)c2ccccc2C1COC(=O)NC. The zero-order valence-electron chi connectivity index (χ0n) is 11.7. The third-order valence-electron chi connectivity index (χ3n) is 3.94. The van der Waals surface area contributed by atoms with Gasteiger partial charge in [-0.25, -0.2) is 4.79 Å². The Balaban J connectivity index is 2.24. The van der Waals surface area contributed by atoms with Crippen LogP contribution in [-0.4, -0.2) is 19.7 Å². The molecule has 102 valence electrons. The fourth-order valence-corrected chi connectivity index (χ4v) is 2.99. The van der Waals surface area contributed by atoms with Crippen molar-refractivity contribution in [2.45, 2.75) is 25.7 Å². The van der Waals surface area contributed by atoms with Crippen LogP contribution in [-0.2, 0) is 4.74 Å². The van der Waals surface area contributed by atoms with Crippen molar-refractivity contribution in [1.29, 1.82) is 0 Å². The van der Waals surface area contributed by atoms with Crippen LogP contribution in [0, 0.1) is 5.92 Å². The molecule has 0 fully saturated rings. The highest BCUT2D eigenvalue weighted by Crippen LogP contribution is 2.47. The van der Waals surface area contributed by atoms with Gasteiger partial charge in [-0.2, -0.15) is 0 Å². The fourth-order valence-electron chi connectivity index (χ4n) is 2.99. The van der Waals surface area contributed by atoms with Crippen LogP contribution < -0.4 is 5.32 Å². The number of benzene rings is 1. The number of amides is 1. The molecule has 2 rings (SSSR count). The van der Waals surface area contributed by atoms with Crippen molar-refractivity contribution in [3.63, 3.8) is 0 Å². The van der Waals surface area contributed by atoms with E-state index in [1.807, 2.05) is 6.92 Å². The Morgan fingerprint density at radius 1 is 1.37 bits per heavy atom. The van der Waals surface area contributed by atoms with E-state index in [1.165, 1.54) is 11.1 Å². The van der Waals surface area contributed by atoms with Gasteiger partial charge >= 0.3 is 6.09 Å². The number of nitrogens with one attached hydrogen (secondary N) is 1. The Morgan fingerprint density at radius 3 is 2.68 bits per heavy atom. The van der Waals surface area contributed by atoms with Crippen LogP contribution in [0.15, 0.2) is 36.4 Å². The number of ether oxygens (including phenoxy) is 1. The average molecular weight is 259 g/mol. The largest absolute Gasteiger partial charge is 0.449 e. The van der Waals surface area contributed by atoms with Gasteiger partial charge in [0.25, 0.3) is 0 Å². The first kappa shape index (κ1) is 13.7. The average Bonchev–Trinajstić information content (AvgIpc) is 2.70. The Bertz CT molecular complexity index is 481. The van der Waals surface area contributed by atoms with Gasteiger partial charge in [0, 0.05) is 13.0 Å². The minimum atomic E-state index is -0.365. The summed E-state index contributed by atoms with van der Waals surface area (Å²) < 4.78 is 5.27. The van der Waals surface area contributed by atoms with Gasteiger partial charge in [0.15, 0.2) is 0 Å². The van der Waals surface area contributed by atoms with E-state index in [1.54, 1.807) is 7.05 Å². The van der Waals surface area contributed by atoms with Crippen LogP contribution in [0.2, 0.25) is 0 Å². The number of allylic oxidation sites excluding steroid dienone is 2. The molecule has 1 aliphatic carbocycles. The topological polar surface area (TPSA) is 38.3 Å². The highest BCUT2D eigenvalue weighted by Gasteiger charge is 2.36. The van der Waals surface area contributed by atoms with Gasteiger partial charge in [0.2, 0.25) is 0 Å². The lowest BCUT2D eigenvalue weighted by molar-refractivity contribution is 0.135. The maximum atomic E-state index is 11.3. The molecule has 0 aromatic heterocycles. The number of fused-ring (bicyclic) bond motifs is 1. The molecule has 0 spiro atoms. The Morgan fingerprint density at radius 2 is 2.05 bits per heavy atom. The van der Waals surface area contributed by atoms with E-state index in [0.717, 1.165) is 0 Å². The summed E-state index contributed by atoms with van der Waals surface area (Å²) in [5.41, 5.74) is 2.68. The van der Waals surface area contributed by atoms with Crippen molar-refractivity contribution in [3.8, 4) is 0 Å². The molecular formula is C16H21NO2. The molecule has 1 N–H and O–H groups in total. The molecule has 0 radical (unpaired) electrons. The number of hydrogen-bond donors (Lipinski definition) is 1. The molecule has 19 heavy (non-hydrogen) atoms. The molecule has 0 saturated carbocycles. The molecule has 3 heteroatoms. The highest BCUT2D eigenvalue weighted by atomic mass is 16.5. The van der Waals surface area contributed by atoms with Crippen LogP contribution in [0.25, 0.3) is 0 Å². The van der Waals surface area contributed by atoms with Crippen molar-refractivity contribution in [2.75, 3.05) is 13.7 Å². The summed E-state index contributed by atoms with van der Waals surface area (Å²) in [7, 11) is 1.58. The van der Waals surface area contributed by atoms with Gasteiger partial charge in [0.1, 0.15) is 6.61 Å². The van der Waals surface area contributed by atoms with E-state index in [-0.39, 0.29) is 12.0 Å². The molecule has 0 bridgehead atoms. The molecular weight excluding hydrogens is 238 g/mol. The highest BCUT2D eigenvalue weighted by molar-refractivity contribution is 5.66. The summed E-state index contributed by atoms with van der Waals surface area (Å²) >= 11 is 0. The molecule has 0 heterocycles. The van der Waals surface area contributed by atoms with E-state index in [4.69, 9.17) is 4.74 Å². The Kier molecular flexibility index (Phi) is 4.25. The summed E-state index contributed by atoms with van der Waals surface area (Å²) in [4.78, 5) is 11.3. The monoisotopic (exact) mass is 259 g/mol. The standard InChI is InChI=1S/C16H21NO2/c1-4-7-12-11(2)13-8-5-6-9-14(13)15(12)10-19-16(18)17-3/h4-9,11-12,15H,10H2,1-3H3,(H,17,18)/b7-4-. The smallest absolute Gasteiger partial charge is 0.406 e. The zero-order valence-corrected chi connectivity index (χ0v) is 11.7. The third kappa shape index (κ3) is 2.65. The summed E-state index contributed by atoms with van der Waals surface area (Å²) in [6.07, 6.45) is 3.94. The maximum Gasteiger partial charge on any atom is 0.406 e. The summed E-state index contributed by atoms with van der Waals surface area (Å²) in [5.74, 6) is 1.11. The molecule has 1 aliphatic rings. The summed E-state index contributed by atoms with van der Waals surface area (Å²) in [6, 6.07) is 8.45. The van der Waals surface area contributed by atoms with Crippen LogP contribution in [0.1, 0.15) is 36.8 Å². The molecule has 1 amide bonds. The summed E-state index contributed by atoms with van der Waals surface area (Å²) in [6.45, 7) is 4.70. The van der Waals surface area contributed by atoms with Gasteiger partial charge in [-0.15, -0.1) is 0 Å². The fraction of sp³-hybridized carbons (Fsp3) is 0.438. The van der Waals surface area contributed by atoms with E-state index in [9.17, 15) is 4.79 Å². The Hall–Kier alpha value is -1.77. The zero-order chi connectivity index (χ0) is 13.8. The van der Waals surface area contributed by atoms with E-state index in [0.29, 0.717) is 18.4 Å². The minimum absolute atomic E-state index is 0.250. The van der Waals surface area contributed by atoms with E-state index < -0.39 is 0 Å². The first-order chi connectivity index (χ1) is 9.19. The minimum Gasteiger partial charge on any atom is -0.449 e. The van der Waals surface area contributed by atoms with Crippen LogP contribution >= 0.6 is 0 Å². The third-order valence-corrected chi connectivity index (χ3v) is 3.94. The predicted molar refractivity (Wildman–Crippen MR) is 76.3 cm³/mol. The van der Waals surface area contributed by atoms with Gasteiger partial charge < -0.3 is 10.1 Å². The number of carbonyl (C=O) groups is 1. The van der Waals surface area contributed by atoms with Gasteiger partial charge in [-0.1, -0.05) is 43.3 Å². The lowest BCUT2D eigenvalue weighted by Gasteiger charge is -2.20. The molecule has 3 unspecified atom stereocenters. The molecule has 3 atom stereocenters. The van der Waals surface area contributed by atoms with Crippen LogP contribution in [0.3, 0.4) is 0 Å². The van der Waals surface area contributed by atoms with Crippen molar-refractivity contribution in [1.82, 2.24) is 5.32 Å². The lowest BCUT2D eigenvalue weighted by Crippen LogP contribution is -2.23. The number of carbonyl (C=O) groups excluding carboxylic acids is 1. The molecule has 0 saturated heterocycles. The van der Waals surface area contributed by atoms with Crippen molar-refractivity contribution in [2.24, 2.45) is 5.92 Å². The van der Waals surface area contributed by atoms with E-state index in [2.05, 4.69) is 48.7 Å². The van der Waals surface area contributed by atoms with Gasteiger partial charge in [-0.3, -0.25) is 0 Å². The lowest BCUT2D eigenvalue weighted by atomic mass is 9.88. The van der Waals surface area contributed by atoms with Crippen LogP contribution in [0.4, 0.5) is 4.79 Å². The van der Waals surface area contributed by atoms with Crippen molar-refractivity contribution >= 4 is 6.09 Å². The predicted octanol–water partition coefficient (Wildman–Crippen LogP) is 3.44. The Labute approximate surface area is 114 Å². The number of hydrogen-bond acceptors (Lipinski definition) is 2. The van der Waals surface area contributed by atoms with Crippen molar-refractivity contribution < 1.29 is 9.53 Å². The molecule has 3 nitrogen and oxygen atoms in total. The molecule has 1 aromatic rings. The summed E-state index contributed by atoms with van der Waals surface area (Å²) in [5, 5.41) is 2.49. The quantitative estimate of drug-likeness (QED) is 0.844. The van der Waals surface area contributed by atoms with Crippen LogP contribution in [0.5, 0.6) is 0 Å². The number of rotatable bonds is 3.